The lowest BCUT2D eigenvalue weighted by Crippen LogP contribution is -2.34. The van der Waals surface area contributed by atoms with Crippen molar-refractivity contribution in [1.82, 2.24) is 10.6 Å². The third kappa shape index (κ3) is 6.10. The molecule has 0 aliphatic rings. The molecule has 5 heteroatoms. The molecule has 0 aromatic carbocycles. The van der Waals surface area contributed by atoms with Crippen molar-refractivity contribution in [2.45, 2.75) is 25.8 Å². The Balaban J connectivity index is 3.50. The number of nitrogens with one attached hydrogen (secondary N) is 2. The maximum absolute atomic E-state index is 10.9. The van der Waals surface area contributed by atoms with Gasteiger partial charge in [-0.3, -0.25) is 4.79 Å². The number of nitrogens with two attached hydrogens (primary N) is 1. The Kier molecular flexibility index (Phi) is 5.88. The molecule has 1 atom stereocenters. The summed E-state index contributed by atoms with van der Waals surface area (Å²) in [7, 11) is 1.74. The fourth-order valence-electron chi connectivity index (χ4n) is 1.07. The second kappa shape index (κ2) is 6.42. The van der Waals surface area contributed by atoms with Crippen LogP contribution in [0.4, 0.5) is 4.79 Å². The molecule has 5 nitrogen and oxygen atoms in total. The minimum Gasteiger partial charge on any atom is -0.352 e. The van der Waals surface area contributed by atoms with E-state index in [2.05, 4.69) is 10.6 Å². The van der Waals surface area contributed by atoms with E-state index >= 15 is 0 Å². The molecule has 0 fully saturated rings. The lowest BCUT2D eigenvalue weighted by molar-refractivity contribution is -0.119. The number of carbonyl (C=O) groups is 2. The van der Waals surface area contributed by atoms with Crippen molar-refractivity contribution in [3.05, 3.63) is 0 Å². The number of Topliss-reactive ketones (excluding diaryl/α,β-unsaturated/α-hetero) is 1. The first-order chi connectivity index (χ1) is 6.07. The first-order valence-corrected chi connectivity index (χ1v) is 4.29. The van der Waals surface area contributed by atoms with Crippen LogP contribution < -0.4 is 16.4 Å². The van der Waals surface area contributed by atoms with Crippen LogP contribution in [0.15, 0.2) is 0 Å². The smallest absolute Gasteiger partial charge is 0.312 e. The Labute approximate surface area is 78.1 Å². The van der Waals surface area contributed by atoms with Gasteiger partial charge in [-0.15, -0.1) is 0 Å². The van der Waals surface area contributed by atoms with Gasteiger partial charge in [-0.25, -0.2) is 4.79 Å². The van der Waals surface area contributed by atoms with Gasteiger partial charge in [0, 0.05) is 6.54 Å². The number of ketones is 1. The SMILES string of the molecule is CN[C@H](CCCNC(N)=O)C(C)=O. The lowest BCUT2D eigenvalue weighted by Gasteiger charge is -2.11. The van der Waals surface area contributed by atoms with Gasteiger partial charge in [0.15, 0.2) is 0 Å². The number of carbonyl (C=O) groups excluding carboxylic acids is 2. The molecule has 0 aliphatic carbocycles. The van der Waals surface area contributed by atoms with Crippen LogP contribution in [0.1, 0.15) is 19.8 Å². The van der Waals surface area contributed by atoms with Crippen molar-refractivity contribution < 1.29 is 9.59 Å². The standard InChI is InChI=1S/C8H17N3O2/c1-6(12)7(10-2)4-3-5-11-8(9)13/h7,10H,3-5H2,1-2H3,(H3,9,11,13)/t7-/m1/s1. The topological polar surface area (TPSA) is 84.2 Å². The third-order valence-corrected chi connectivity index (χ3v) is 1.81. The molecule has 4 N–H and O–H groups in total. The summed E-state index contributed by atoms with van der Waals surface area (Å²) >= 11 is 0. The summed E-state index contributed by atoms with van der Waals surface area (Å²) in [6.45, 7) is 2.06. The van der Waals surface area contributed by atoms with Crippen LogP contribution in [0.2, 0.25) is 0 Å². The van der Waals surface area contributed by atoms with Crippen LogP contribution in [0.5, 0.6) is 0 Å². The van der Waals surface area contributed by atoms with Crippen molar-refractivity contribution in [1.29, 1.82) is 0 Å². The van der Waals surface area contributed by atoms with Crippen molar-refractivity contribution in [3.63, 3.8) is 0 Å². The van der Waals surface area contributed by atoms with E-state index in [0.29, 0.717) is 13.0 Å². The fourth-order valence-corrected chi connectivity index (χ4v) is 1.07. The predicted octanol–water partition coefficient (Wildman–Crippen LogP) is -0.388. The molecule has 0 rings (SSSR count). The summed E-state index contributed by atoms with van der Waals surface area (Å²) in [5.41, 5.74) is 4.87. The molecule has 0 spiro atoms. The summed E-state index contributed by atoms with van der Waals surface area (Å²) in [4.78, 5) is 21.2. The monoisotopic (exact) mass is 187 g/mol. The average Bonchev–Trinajstić information content (AvgIpc) is 2.03. The third-order valence-electron chi connectivity index (χ3n) is 1.81. The van der Waals surface area contributed by atoms with Gasteiger partial charge in [0.1, 0.15) is 5.78 Å². The van der Waals surface area contributed by atoms with E-state index in [-0.39, 0.29) is 11.8 Å². The van der Waals surface area contributed by atoms with Crippen LogP contribution >= 0.6 is 0 Å². The number of likely N-dealkylation sites (N-methyl/N-ethyl adjacent to an activating group) is 1. The van der Waals surface area contributed by atoms with E-state index in [0.717, 1.165) is 6.42 Å². The summed E-state index contributed by atoms with van der Waals surface area (Å²) < 4.78 is 0. The molecule has 0 bridgehead atoms. The Bertz CT molecular complexity index is 182. The van der Waals surface area contributed by atoms with Gasteiger partial charge < -0.3 is 16.4 Å². The van der Waals surface area contributed by atoms with Gasteiger partial charge >= 0.3 is 6.03 Å². The molecule has 13 heavy (non-hydrogen) atoms. The van der Waals surface area contributed by atoms with Gasteiger partial charge in [0.2, 0.25) is 0 Å². The molecule has 0 aromatic rings. The van der Waals surface area contributed by atoms with Gasteiger partial charge in [-0.2, -0.15) is 0 Å². The number of amides is 2. The number of hydrogen-bond donors (Lipinski definition) is 3. The van der Waals surface area contributed by atoms with E-state index in [9.17, 15) is 9.59 Å². The van der Waals surface area contributed by atoms with Gasteiger partial charge in [0.25, 0.3) is 0 Å². The quantitative estimate of drug-likeness (QED) is 0.495. The Morgan fingerprint density at radius 2 is 2.08 bits per heavy atom. The second-order valence-corrected chi connectivity index (χ2v) is 2.89. The highest BCUT2D eigenvalue weighted by Crippen LogP contribution is 1.96. The summed E-state index contributed by atoms with van der Waals surface area (Å²) in [6.07, 6.45) is 1.46. The molecule has 0 radical (unpaired) electrons. The number of hydrogen-bond acceptors (Lipinski definition) is 3. The number of rotatable bonds is 6. The molecule has 0 heterocycles. The normalized spacial score (nSPS) is 12.2. The van der Waals surface area contributed by atoms with Crippen molar-refractivity contribution in [3.8, 4) is 0 Å². The second-order valence-electron chi connectivity index (χ2n) is 2.89. The molecular weight excluding hydrogens is 170 g/mol. The van der Waals surface area contributed by atoms with Crippen LogP contribution in [-0.2, 0) is 4.79 Å². The maximum atomic E-state index is 10.9. The van der Waals surface area contributed by atoms with Crippen LogP contribution in [0.25, 0.3) is 0 Å². The zero-order valence-corrected chi connectivity index (χ0v) is 8.09. The van der Waals surface area contributed by atoms with Crippen LogP contribution in [0.3, 0.4) is 0 Å². The average molecular weight is 187 g/mol. The minimum absolute atomic E-state index is 0.113. The first kappa shape index (κ1) is 11.9. The van der Waals surface area contributed by atoms with E-state index in [1.165, 1.54) is 0 Å². The Morgan fingerprint density at radius 1 is 1.46 bits per heavy atom. The Hall–Kier alpha value is -1.10. The van der Waals surface area contributed by atoms with E-state index in [1.54, 1.807) is 14.0 Å². The lowest BCUT2D eigenvalue weighted by atomic mass is 10.1. The molecule has 76 valence electrons. The fraction of sp³-hybridized carbons (Fsp3) is 0.750. The molecule has 2 amide bonds. The maximum Gasteiger partial charge on any atom is 0.312 e. The first-order valence-electron chi connectivity index (χ1n) is 4.29. The van der Waals surface area contributed by atoms with Crippen molar-refractivity contribution in [2.75, 3.05) is 13.6 Å². The molecule has 0 unspecified atom stereocenters. The summed E-state index contributed by atoms with van der Waals surface area (Å²) in [6, 6.07) is -0.640. The van der Waals surface area contributed by atoms with E-state index in [1.807, 2.05) is 0 Å². The van der Waals surface area contributed by atoms with Gasteiger partial charge in [-0.1, -0.05) is 0 Å². The number of primary amides is 1. The molecule has 0 aliphatic heterocycles. The zero-order valence-electron chi connectivity index (χ0n) is 8.09. The van der Waals surface area contributed by atoms with Gasteiger partial charge in [-0.05, 0) is 26.8 Å². The van der Waals surface area contributed by atoms with Gasteiger partial charge in [0.05, 0.1) is 6.04 Å². The van der Waals surface area contributed by atoms with Crippen molar-refractivity contribution in [2.24, 2.45) is 5.73 Å². The summed E-state index contributed by atoms with van der Waals surface area (Å²) in [5, 5.41) is 5.36. The molecule has 0 saturated carbocycles. The minimum atomic E-state index is -0.524. The van der Waals surface area contributed by atoms with Crippen LogP contribution in [0, 0.1) is 0 Å². The highest BCUT2D eigenvalue weighted by atomic mass is 16.2. The number of urea groups is 1. The molecule has 0 saturated heterocycles. The largest absolute Gasteiger partial charge is 0.352 e. The van der Waals surface area contributed by atoms with Crippen LogP contribution in [-0.4, -0.2) is 31.4 Å². The zero-order chi connectivity index (χ0) is 10.3. The summed E-state index contributed by atoms with van der Waals surface area (Å²) in [5.74, 6) is 0.113. The Morgan fingerprint density at radius 3 is 2.46 bits per heavy atom. The highest BCUT2D eigenvalue weighted by Gasteiger charge is 2.09. The highest BCUT2D eigenvalue weighted by molar-refractivity contribution is 5.81. The van der Waals surface area contributed by atoms with E-state index < -0.39 is 6.03 Å². The van der Waals surface area contributed by atoms with Crippen molar-refractivity contribution >= 4 is 11.8 Å². The predicted molar refractivity (Wildman–Crippen MR) is 50.3 cm³/mol. The molecule has 0 aromatic heterocycles. The van der Waals surface area contributed by atoms with E-state index in [4.69, 9.17) is 5.73 Å². The molecular formula is C8H17N3O2.